The SMILES string of the molecule is O=C(COC(=O)C1CC2C=CC1C2)Nc1cccc([N+](=O)[O-])c1. The molecule has 0 radical (unpaired) electrons. The Morgan fingerprint density at radius 1 is 1.30 bits per heavy atom. The molecule has 1 N–H and O–H groups in total. The lowest BCUT2D eigenvalue weighted by Crippen LogP contribution is -2.26. The highest BCUT2D eigenvalue weighted by molar-refractivity contribution is 5.93. The largest absolute Gasteiger partial charge is 0.455 e. The first kappa shape index (κ1) is 15.2. The van der Waals surface area contributed by atoms with Gasteiger partial charge in [-0.25, -0.2) is 0 Å². The van der Waals surface area contributed by atoms with Crippen LogP contribution >= 0.6 is 0 Å². The van der Waals surface area contributed by atoms with Crippen LogP contribution in [0.3, 0.4) is 0 Å². The van der Waals surface area contributed by atoms with Crippen molar-refractivity contribution >= 4 is 23.3 Å². The number of fused-ring (bicyclic) bond motifs is 2. The summed E-state index contributed by atoms with van der Waals surface area (Å²) >= 11 is 0. The van der Waals surface area contributed by atoms with Crippen molar-refractivity contribution in [1.29, 1.82) is 0 Å². The van der Waals surface area contributed by atoms with Crippen LogP contribution in [0.4, 0.5) is 11.4 Å². The van der Waals surface area contributed by atoms with Crippen molar-refractivity contribution in [1.82, 2.24) is 0 Å². The number of carbonyl (C=O) groups is 2. The molecule has 0 aliphatic heterocycles. The molecule has 120 valence electrons. The third kappa shape index (κ3) is 3.39. The van der Waals surface area contributed by atoms with Gasteiger partial charge in [0.2, 0.25) is 0 Å². The highest BCUT2D eigenvalue weighted by Crippen LogP contribution is 2.43. The highest BCUT2D eigenvalue weighted by Gasteiger charge is 2.40. The van der Waals surface area contributed by atoms with Crippen LogP contribution in [0.1, 0.15) is 12.8 Å². The lowest BCUT2D eigenvalue weighted by molar-refractivity contribution is -0.384. The summed E-state index contributed by atoms with van der Waals surface area (Å²) in [6.07, 6.45) is 5.94. The molecule has 3 unspecified atom stereocenters. The number of benzene rings is 1. The molecule has 2 aliphatic carbocycles. The van der Waals surface area contributed by atoms with Crippen molar-refractivity contribution in [2.75, 3.05) is 11.9 Å². The molecule has 3 atom stereocenters. The molecule has 0 heterocycles. The number of hydrogen-bond donors (Lipinski definition) is 1. The van der Waals surface area contributed by atoms with Crippen LogP contribution in [0, 0.1) is 27.9 Å². The summed E-state index contributed by atoms with van der Waals surface area (Å²) < 4.78 is 5.07. The van der Waals surface area contributed by atoms with Gasteiger partial charge in [-0.1, -0.05) is 18.2 Å². The lowest BCUT2D eigenvalue weighted by atomic mass is 9.94. The van der Waals surface area contributed by atoms with E-state index in [4.69, 9.17) is 4.74 Å². The van der Waals surface area contributed by atoms with Crippen molar-refractivity contribution in [3.05, 3.63) is 46.5 Å². The zero-order valence-corrected chi connectivity index (χ0v) is 12.3. The summed E-state index contributed by atoms with van der Waals surface area (Å²) in [5, 5.41) is 13.2. The lowest BCUT2D eigenvalue weighted by Gasteiger charge is -2.16. The van der Waals surface area contributed by atoms with Crippen molar-refractivity contribution < 1.29 is 19.2 Å². The quantitative estimate of drug-likeness (QED) is 0.389. The standard InChI is InChI=1S/C16H16N2O5/c19-15(17-12-2-1-3-13(8-12)18(21)22)9-23-16(20)14-7-10-4-5-11(14)6-10/h1-5,8,10-11,14H,6-7,9H2,(H,17,19). The summed E-state index contributed by atoms with van der Waals surface area (Å²) in [7, 11) is 0. The molecule has 0 spiro atoms. The van der Waals surface area contributed by atoms with Gasteiger partial charge < -0.3 is 10.1 Å². The van der Waals surface area contributed by atoms with Gasteiger partial charge in [-0.15, -0.1) is 0 Å². The molecule has 1 saturated carbocycles. The maximum atomic E-state index is 12.0. The van der Waals surface area contributed by atoms with E-state index in [1.54, 1.807) is 0 Å². The molecular formula is C16H16N2O5. The minimum Gasteiger partial charge on any atom is -0.455 e. The summed E-state index contributed by atoms with van der Waals surface area (Å²) in [5.41, 5.74) is 0.177. The molecule has 3 rings (SSSR count). The number of carbonyl (C=O) groups excluding carboxylic acids is 2. The number of nitro benzene ring substituents is 1. The maximum Gasteiger partial charge on any atom is 0.310 e. The number of allylic oxidation sites excluding steroid dienone is 2. The van der Waals surface area contributed by atoms with E-state index in [0.29, 0.717) is 11.6 Å². The third-order valence-corrected chi connectivity index (χ3v) is 4.27. The molecule has 2 aliphatic rings. The number of esters is 1. The normalized spacial score (nSPS) is 24.4. The Bertz CT molecular complexity index is 685. The number of anilines is 1. The van der Waals surface area contributed by atoms with E-state index in [1.165, 1.54) is 24.3 Å². The molecule has 1 fully saturated rings. The summed E-state index contributed by atoms with van der Waals surface area (Å²) in [6, 6.07) is 5.59. The fraction of sp³-hybridized carbons (Fsp3) is 0.375. The van der Waals surface area contributed by atoms with Crippen LogP contribution in [-0.4, -0.2) is 23.4 Å². The van der Waals surface area contributed by atoms with E-state index >= 15 is 0 Å². The predicted octanol–water partition coefficient (Wildman–Crippen LogP) is 2.29. The van der Waals surface area contributed by atoms with Crippen LogP contribution in [0.2, 0.25) is 0 Å². The number of non-ortho nitro benzene ring substituents is 1. The second-order valence-corrected chi connectivity index (χ2v) is 5.85. The van der Waals surface area contributed by atoms with Gasteiger partial charge in [-0.05, 0) is 30.7 Å². The zero-order valence-electron chi connectivity index (χ0n) is 12.3. The van der Waals surface area contributed by atoms with Crippen LogP contribution in [-0.2, 0) is 14.3 Å². The Kier molecular flexibility index (Phi) is 4.10. The first-order valence-electron chi connectivity index (χ1n) is 7.42. The first-order valence-corrected chi connectivity index (χ1v) is 7.42. The molecular weight excluding hydrogens is 300 g/mol. The summed E-state index contributed by atoms with van der Waals surface area (Å²) in [5.74, 6) is -0.340. The molecule has 0 aromatic heterocycles. The second-order valence-electron chi connectivity index (χ2n) is 5.85. The van der Waals surface area contributed by atoms with E-state index in [0.717, 1.165) is 12.8 Å². The van der Waals surface area contributed by atoms with Crippen molar-refractivity contribution in [2.24, 2.45) is 17.8 Å². The molecule has 1 aromatic carbocycles. The van der Waals surface area contributed by atoms with Crippen molar-refractivity contribution in [3.8, 4) is 0 Å². The number of ether oxygens (including phenoxy) is 1. The van der Waals surface area contributed by atoms with Gasteiger partial charge in [-0.2, -0.15) is 0 Å². The second kappa shape index (κ2) is 6.20. The Balaban J connectivity index is 1.50. The number of nitro groups is 1. The van der Waals surface area contributed by atoms with Gasteiger partial charge in [0.1, 0.15) is 0 Å². The van der Waals surface area contributed by atoms with Crippen LogP contribution in [0.5, 0.6) is 0 Å². The molecule has 1 amide bonds. The van der Waals surface area contributed by atoms with Gasteiger partial charge in [-0.3, -0.25) is 19.7 Å². The van der Waals surface area contributed by atoms with Gasteiger partial charge in [0.15, 0.2) is 6.61 Å². The summed E-state index contributed by atoms with van der Waals surface area (Å²) in [4.78, 5) is 33.9. The molecule has 7 heteroatoms. The predicted molar refractivity (Wildman–Crippen MR) is 81.5 cm³/mol. The van der Waals surface area contributed by atoms with Gasteiger partial charge in [0, 0.05) is 17.8 Å². The topological polar surface area (TPSA) is 98.5 Å². The Morgan fingerprint density at radius 2 is 2.13 bits per heavy atom. The minimum atomic E-state index is -0.543. The number of nitrogens with zero attached hydrogens (tertiary/aromatic N) is 1. The van der Waals surface area contributed by atoms with E-state index in [2.05, 4.69) is 11.4 Å². The number of nitrogens with one attached hydrogen (secondary N) is 1. The van der Waals surface area contributed by atoms with E-state index in [-0.39, 0.29) is 30.1 Å². The minimum absolute atomic E-state index is 0.117. The maximum absolute atomic E-state index is 12.0. The van der Waals surface area contributed by atoms with E-state index in [9.17, 15) is 19.7 Å². The smallest absolute Gasteiger partial charge is 0.310 e. The van der Waals surface area contributed by atoms with Crippen molar-refractivity contribution in [3.63, 3.8) is 0 Å². The molecule has 7 nitrogen and oxygen atoms in total. The Morgan fingerprint density at radius 3 is 2.78 bits per heavy atom. The fourth-order valence-electron chi connectivity index (χ4n) is 3.19. The fourth-order valence-corrected chi connectivity index (χ4v) is 3.19. The van der Waals surface area contributed by atoms with Crippen LogP contribution in [0.25, 0.3) is 0 Å². The zero-order chi connectivity index (χ0) is 16.4. The first-order chi connectivity index (χ1) is 11.0. The van der Waals surface area contributed by atoms with Crippen LogP contribution < -0.4 is 5.32 Å². The highest BCUT2D eigenvalue weighted by atomic mass is 16.6. The Hall–Kier alpha value is -2.70. The number of rotatable bonds is 5. The van der Waals surface area contributed by atoms with Gasteiger partial charge >= 0.3 is 5.97 Å². The number of hydrogen-bond acceptors (Lipinski definition) is 5. The number of amides is 1. The monoisotopic (exact) mass is 316 g/mol. The molecule has 23 heavy (non-hydrogen) atoms. The molecule has 1 aromatic rings. The van der Waals surface area contributed by atoms with Gasteiger partial charge in [0.05, 0.1) is 10.8 Å². The van der Waals surface area contributed by atoms with Gasteiger partial charge in [0.25, 0.3) is 11.6 Å². The third-order valence-electron chi connectivity index (χ3n) is 4.27. The van der Waals surface area contributed by atoms with Crippen molar-refractivity contribution in [2.45, 2.75) is 12.8 Å². The van der Waals surface area contributed by atoms with E-state index < -0.39 is 10.8 Å². The van der Waals surface area contributed by atoms with Crippen LogP contribution in [0.15, 0.2) is 36.4 Å². The van der Waals surface area contributed by atoms with E-state index in [1.807, 2.05) is 6.08 Å². The summed E-state index contributed by atoms with van der Waals surface area (Å²) in [6.45, 7) is -0.390. The average molecular weight is 316 g/mol. The average Bonchev–Trinajstić information content (AvgIpc) is 3.16. The Labute approximate surface area is 132 Å². The molecule has 2 bridgehead atoms. The molecule has 0 saturated heterocycles.